The molecule has 1 N–H and O–H groups in total. The first-order valence-electron chi connectivity index (χ1n) is 5.67. The summed E-state index contributed by atoms with van der Waals surface area (Å²) in [5, 5.41) is 2.87. The zero-order chi connectivity index (χ0) is 12.7. The number of carbonyl (C=O) groups is 1. The maximum absolute atomic E-state index is 12.0. The smallest absolute Gasteiger partial charge is 0.233 e. The first kappa shape index (κ1) is 12.7. The molecule has 1 aliphatic rings. The lowest BCUT2D eigenvalue weighted by atomic mass is 10.1. The monoisotopic (exact) mass is 271 g/mol. The predicted molar refractivity (Wildman–Crippen MR) is 71.6 cm³/mol. The minimum atomic E-state index is -0.917. The Balaban J connectivity index is 2.09. The van der Waals surface area contributed by atoms with E-state index in [1.54, 1.807) is 6.92 Å². The van der Waals surface area contributed by atoms with Gasteiger partial charge >= 0.3 is 0 Å². The van der Waals surface area contributed by atoms with Gasteiger partial charge < -0.3 is 5.32 Å². The van der Waals surface area contributed by atoms with Crippen LogP contribution in [0, 0.1) is 5.41 Å². The van der Waals surface area contributed by atoms with Crippen LogP contribution in [-0.2, 0) is 11.2 Å². The summed E-state index contributed by atoms with van der Waals surface area (Å²) in [6, 6.07) is 7.79. The SMILES string of the molecule is CCc1cccc(NC(=O)C2(C)CC2(Cl)Cl)c1. The fraction of sp³-hybridized carbons (Fsp3) is 0.462. The third-order valence-electron chi connectivity index (χ3n) is 3.35. The Bertz CT molecular complexity index is 458. The molecular weight excluding hydrogens is 257 g/mol. The van der Waals surface area contributed by atoms with Crippen LogP contribution in [0.1, 0.15) is 25.8 Å². The van der Waals surface area contributed by atoms with E-state index in [0.29, 0.717) is 6.42 Å². The summed E-state index contributed by atoms with van der Waals surface area (Å²) < 4.78 is -0.917. The van der Waals surface area contributed by atoms with Crippen LogP contribution in [0.25, 0.3) is 0 Å². The van der Waals surface area contributed by atoms with Crippen molar-refractivity contribution in [3.05, 3.63) is 29.8 Å². The molecule has 0 spiro atoms. The molecule has 2 rings (SSSR count). The summed E-state index contributed by atoms with van der Waals surface area (Å²) >= 11 is 11.9. The average molecular weight is 272 g/mol. The summed E-state index contributed by atoms with van der Waals surface area (Å²) in [6.45, 7) is 3.86. The van der Waals surface area contributed by atoms with Gasteiger partial charge in [-0.15, -0.1) is 23.2 Å². The number of aryl methyl sites for hydroxylation is 1. The fourth-order valence-electron chi connectivity index (χ4n) is 1.78. The average Bonchev–Trinajstić information content (AvgIpc) is 2.80. The molecule has 0 aliphatic heterocycles. The standard InChI is InChI=1S/C13H15Cl2NO/c1-3-9-5-4-6-10(7-9)16-11(17)12(2)8-13(12,14)15/h4-7H,3,8H2,1-2H3,(H,16,17). The van der Waals surface area contributed by atoms with Gasteiger partial charge in [-0.1, -0.05) is 19.1 Å². The molecule has 17 heavy (non-hydrogen) atoms. The van der Waals surface area contributed by atoms with E-state index >= 15 is 0 Å². The first-order valence-corrected chi connectivity index (χ1v) is 6.43. The highest BCUT2D eigenvalue weighted by Crippen LogP contribution is 2.64. The molecule has 4 heteroatoms. The predicted octanol–water partition coefficient (Wildman–Crippen LogP) is 3.77. The minimum absolute atomic E-state index is 0.115. The summed E-state index contributed by atoms with van der Waals surface area (Å²) in [5.41, 5.74) is 1.32. The third kappa shape index (κ3) is 2.29. The number of benzene rings is 1. The van der Waals surface area contributed by atoms with Crippen molar-refractivity contribution in [1.29, 1.82) is 0 Å². The maximum Gasteiger partial charge on any atom is 0.233 e. The zero-order valence-electron chi connectivity index (χ0n) is 9.89. The molecule has 0 radical (unpaired) electrons. The molecule has 92 valence electrons. The number of hydrogen-bond acceptors (Lipinski definition) is 1. The van der Waals surface area contributed by atoms with Gasteiger partial charge in [-0.2, -0.15) is 0 Å². The first-order chi connectivity index (χ1) is 7.89. The van der Waals surface area contributed by atoms with E-state index in [2.05, 4.69) is 12.2 Å². The van der Waals surface area contributed by atoms with E-state index in [9.17, 15) is 4.79 Å². The quantitative estimate of drug-likeness (QED) is 0.834. The summed E-state index contributed by atoms with van der Waals surface area (Å²) in [5.74, 6) is -0.115. The highest BCUT2D eigenvalue weighted by Gasteiger charge is 2.67. The summed E-state index contributed by atoms with van der Waals surface area (Å²) in [4.78, 5) is 12.0. The lowest BCUT2D eigenvalue weighted by molar-refractivity contribution is -0.120. The van der Waals surface area contributed by atoms with Gasteiger partial charge in [0.1, 0.15) is 4.33 Å². The highest BCUT2D eigenvalue weighted by molar-refractivity contribution is 6.53. The number of halogens is 2. The van der Waals surface area contributed by atoms with Crippen molar-refractivity contribution in [2.24, 2.45) is 5.41 Å². The molecule has 1 atom stereocenters. The molecule has 1 aromatic rings. The number of rotatable bonds is 3. The van der Waals surface area contributed by atoms with Crippen LogP contribution in [-0.4, -0.2) is 10.2 Å². The maximum atomic E-state index is 12.0. The van der Waals surface area contributed by atoms with E-state index in [1.165, 1.54) is 5.56 Å². The second kappa shape index (κ2) is 4.18. The van der Waals surface area contributed by atoms with Crippen molar-refractivity contribution in [3.63, 3.8) is 0 Å². The van der Waals surface area contributed by atoms with Crippen LogP contribution >= 0.6 is 23.2 Å². The molecule has 0 bridgehead atoms. The second-order valence-corrected chi connectivity index (χ2v) is 6.21. The van der Waals surface area contributed by atoms with E-state index in [4.69, 9.17) is 23.2 Å². The van der Waals surface area contributed by atoms with E-state index in [-0.39, 0.29) is 5.91 Å². The molecule has 1 fully saturated rings. The van der Waals surface area contributed by atoms with Crippen LogP contribution in [0.15, 0.2) is 24.3 Å². The van der Waals surface area contributed by atoms with Crippen LogP contribution < -0.4 is 5.32 Å². The van der Waals surface area contributed by atoms with E-state index in [0.717, 1.165) is 12.1 Å². The molecule has 0 saturated heterocycles. The minimum Gasteiger partial charge on any atom is -0.326 e. The lowest BCUT2D eigenvalue weighted by Crippen LogP contribution is -2.25. The number of nitrogens with one attached hydrogen (secondary N) is 1. The topological polar surface area (TPSA) is 29.1 Å². The van der Waals surface area contributed by atoms with Crippen molar-refractivity contribution in [2.45, 2.75) is 31.0 Å². The largest absolute Gasteiger partial charge is 0.326 e. The van der Waals surface area contributed by atoms with Gasteiger partial charge in [0, 0.05) is 5.69 Å². The Hall–Kier alpha value is -0.730. The van der Waals surface area contributed by atoms with Crippen molar-refractivity contribution >= 4 is 34.8 Å². The third-order valence-corrected chi connectivity index (χ3v) is 4.45. The van der Waals surface area contributed by atoms with Crippen LogP contribution in [0.3, 0.4) is 0 Å². The van der Waals surface area contributed by atoms with Gasteiger partial charge in [-0.05, 0) is 37.5 Å². The molecular formula is C13H15Cl2NO. The van der Waals surface area contributed by atoms with Gasteiger partial charge in [0.25, 0.3) is 0 Å². The lowest BCUT2D eigenvalue weighted by Gasteiger charge is -2.13. The Morgan fingerprint density at radius 3 is 2.65 bits per heavy atom. The van der Waals surface area contributed by atoms with Gasteiger partial charge in [0.15, 0.2) is 0 Å². The molecule has 1 aromatic carbocycles. The molecule has 0 heterocycles. The van der Waals surface area contributed by atoms with Gasteiger partial charge in [-0.3, -0.25) is 4.79 Å². The number of carbonyl (C=O) groups excluding carboxylic acids is 1. The van der Waals surface area contributed by atoms with Crippen molar-refractivity contribution < 1.29 is 4.79 Å². The fourth-order valence-corrected chi connectivity index (χ4v) is 2.49. The Kier molecular flexibility index (Phi) is 3.13. The molecule has 1 saturated carbocycles. The normalized spacial score (nSPS) is 25.4. The van der Waals surface area contributed by atoms with Gasteiger partial charge in [0.05, 0.1) is 5.41 Å². The Morgan fingerprint density at radius 1 is 1.47 bits per heavy atom. The van der Waals surface area contributed by atoms with E-state index in [1.807, 2.05) is 24.3 Å². The zero-order valence-corrected chi connectivity index (χ0v) is 11.4. The highest BCUT2D eigenvalue weighted by atomic mass is 35.5. The second-order valence-electron chi connectivity index (χ2n) is 4.72. The molecule has 1 aliphatic carbocycles. The number of alkyl halides is 2. The van der Waals surface area contributed by atoms with Gasteiger partial charge in [0.2, 0.25) is 5.91 Å². The summed E-state index contributed by atoms with van der Waals surface area (Å²) in [7, 11) is 0. The van der Waals surface area contributed by atoms with Crippen molar-refractivity contribution in [1.82, 2.24) is 0 Å². The van der Waals surface area contributed by atoms with E-state index < -0.39 is 9.75 Å². The van der Waals surface area contributed by atoms with Crippen LogP contribution in [0.5, 0.6) is 0 Å². The number of hydrogen-bond donors (Lipinski definition) is 1. The number of amides is 1. The molecule has 1 amide bonds. The number of anilines is 1. The Morgan fingerprint density at radius 2 is 2.12 bits per heavy atom. The van der Waals surface area contributed by atoms with Gasteiger partial charge in [-0.25, -0.2) is 0 Å². The summed E-state index contributed by atoms with van der Waals surface area (Å²) in [6.07, 6.45) is 1.44. The molecule has 1 unspecified atom stereocenters. The Labute approximate surface area is 111 Å². The van der Waals surface area contributed by atoms with Crippen molar-refractivity contribution in [2.75, 3.05) is 5.32 Å². The van der Waals surface area contributed by atoms with Crippen LogP contribution in [0.2, 0.25) is 0 Å². The molecule has 0 aromatic heterocycles. The molecule has 2 nitrogen and oxygen atoms in total. The van der Waals surface area contributed by atoms with Crippen molar-refractivity contribution in [3.8, 4) is 0 Å². The van der Waals surface area contributed by atoms with Crippen LogP contribution in [0.4, 0.5) is 5.69 Å².